The maximum absolute atomic E-state index is 12.9. The first-order valence-electron chi connectivity index (χ1n) is 13.9. The molecule has 42 heavy (non-hydrogen) atoms. The van der Waals surface area contributed by atoms with Crippen molar-refractivity contribution in [2.45, 2.75) is 12.8 Å². The third kappa shape index (κ3) is 6.37. The van der Waals surface area contributed by atoms with Crippen molar-refractivity contribution in [3.05, 3.63) is 66.9 Å². The molecule has 3 heterocycles. The molecule has 6 rings (SSSR count). The summed E-state index contributed by atoms with van der Waals surface area (Å²) in [5.74, 6) is 1.89. The summed E-state index contributed by atoms with van der Waals surface area (Å²) in [6.45, 7) is 6.13. The molecule has 11 nitrogen and oxygen atoms in total. The standard InChI is InChI=1S/C31H32N8O3/c1-32-19-41-13-14-42-25-6-8-28-26(17-25)30(35-24-5-7-27-22(16-24)18-34-39-27)38-29(37-28)21-3-2-4-23(15-21)36-31(40)20-9-11-33-12-10-20/h2-8,15-18,20,33H,1,9-14,19H2,(H,34,39)(H,36,40)(H,35,37,38). The summed E-state index contributed by atoms with van der Waals surface area (Å²) in [6.07, 6.45) is 3.46. The number of amides is 1. The number of aromatic nitrogens is 4. The zero-order valence-electron chi connectivity index (χ0n) is 23.1. The SMILES string of the molecule is C=NCOCCOc1ccc2nc(-c3cccc(NC(=O)C4CCNCC4)c3)nc(Nc3ccc4[nH]ncc4c3)c2c1. The Bertz CT molecular complexity index is 1710. The first kappa shape index (κ1) is 27.3. The van der Waals surface area contributed by atoms with Crippen LogP contribution < -0.4 is 20.7 Å². The summed E-state index contributed by atoms with van der Waals surface area (Å²) in [7, 11) is 0. The normalized spacial score (nSPS) is 13.7. The van der Waals surface area contributed by atoms with Gasteiger partial charge in [-0.3, -0.25) is 14.9 Å². The molecular formula is C31H32N8O3. The first-order chi connectivity index (χ1) is 20.7. The minimum Gasteiger partial charge on any atom is -0.491 e. The summed E-state index contributed by atoms with van der Waals surface area (Å²) in [5, 5.41) is 18.7. The zero-order valence-corrected chi connectivity index (χ0v) is 23.1. The van der Waals surface area contributed by atoms with Crippen LogP contribution in [0.3, 0.4) is 0 Å². The molecule has 4 N–H and O–H groups in total. The van der Waals surface area contributed by atoms with Crippen LogP contribution in [0.1, 0.15) is 12.8 Å². The summed E-state index contributed by atoms with van der Waals surface area (Å²) >= 11 is 0. The summed E-state index contributed by atoms with van der Waals surface area (Å²) in [4.78, 5) is 26.4. The molecule has 0 unspecified atom stereocenters. The van der Waals surface area contributed by atoms with E-state index < -0.39 is 0 Å². The Balaban J connectivity index is 1.31. The van der Waals surface area contributed by atoms with Crippen molar-refractivity contribution < 1.29 is 14.3 Å². The van der Waals surface area contributed by atoms with Gasteiger partial charge in [-0.1, -0.05) is 12.1 Å². The van der Waals surface area contributed by atoms with E-state index in [-0.39, 0.29) is 18.6 Å². The number of carbonyl (C=O) groups excluding carboxylic acids is 1. The van der Waals surface area contributed by atoms with Crippen LogP contribution in [0.15, 0.2) is 71.9 Å². The van der Waals surface area contributed by atoms with E-state index in [0.29, 0.717) is 30.6 Å². The molecule has 0 aliphatic carbocycles. The number of ether oxygens (including phenoxy) is 2. The van der Waals surface area contributed by atoms with Gasteiger partial charge in [-0.05, 0) is 81.2 Å². The first-order valence-corrected chi connectivity index (χ1v) is 13.9. The van der Waals surface area contributed by atoms with E-state index in [1.807, 2.05) is 60.7 Å². The van der Waals surface area contributed by atoms with Crippen molar-refractivity contribution in [3.8, 4) is 17.1 Å². The van der Waals surface area contributed by atoms with Crippen molar-refractivity contribution in [2.75, 3.05) is 43.7 Å². The number of nitrogens with one attached hydrogen (secondary N) is 4. The van der Waals surface area contributed by atoms with E-state index in [4.69, 9.17) is 19.4 Å². The van der Waals surface area contributed by atoms with E-state index in [1.54, 1.807) is 6.20 Å². The van der Waals surface area contributed by atoms with Crippen LogP contribution >= 0.6 is 0 Å². The second-order valence-corrected chi connectivity index (χ2v) is 10.1. The Kier molecular flexibility index (Phi) is 8.29. The van der Waals surface area contributed by atoms with Crippen molar-refractivity contribution in [1.82, 2.24) is 25.5 Å². The van der Waals surface area contributed by atoms with Crippen molar-refractivity contribution in [2.24, 2.45) is 10.9 Å². The van der Waals surface area contributed by atoms with Crippen LogP contribution in [0.25, 0.3) is 33.2 Å². The minimum atomic E-state index is 0.0109. The number of nitrogens with zero attached hydrogens (tertiary/aromatic N) is 4. The van der Waals surface area contributed by atoms with E-state index in [9.17, 15) is 4.79 Å². The summed E-state index contributed by atoms with van der Waals surface area (Å²) < 4.78 is 11.2. The molecule has 1 fully saturated rings. The van der Waals surface area contributed by atoms with Crippen molar-refractivity contribution >= 4 is 51.6 Å². The highest BCUT2D eigenvalue weighted by Crippen LogP contribution is 2.32. The molecule has 11 heteroatoms. The fraction of sp³-hybridized carbons (Fsp3) is 0.258. The number of piperidine rings is 1. The Hall–Kier alpha value is -4.87. The third-order valence-corrected chi connectivity index (χ3v) is 7.15. The Morgan fingerprint density at radius 2 is 1.93 bits per heavy atom. The number of aromatic amines is 1. The maximum Gasteiger partial charge on any atom is 0.227 e. The van der Waals surface area contributed by atoms with Gasteiger partial charge in [0.2, 0.25) is 5.91 Å². The van der Waals surface area contributed by atoms with Gasteiger partial charge < -0.3 is 25.4 Å². The van der Waals surface area contributed by atoms with Gasteiger partial charge in [-0.25, -0.2) is 9.97 Å². The lowest BCUT2D eigenvalue weighted by Gasteiger charge is -2.21. The van der Waals surface area contributed by atoms with Crippen molar-refractivity contribution in [1.29, 1.82) is 0 Å². The molecule has 0 bridgehead atoms. The number of benzene rings is 3. The molecule has 1 aliphatic rings. The van der Waals surface area contributed by atoms with E-state index in [1.165, 1.54) is 0 Å². The van der Waals surface area contributed by atoms with E-state index in [2.05, 4.69) is 37.9 Å². The topological polar surface area (TPSA) is 138 Å². The average Bonchev–Trinajstić information content (AvgIpc) is 3.50. The van der Waals surface area contributed by atoms with Gasteiger partial charge >= 0.3 is 0 Å². The predicted molar refractivity (Wildman–Crippen MR) is 164 cm³/mol. The highest BCUT2D eigenvalue weighted by Gasteiger charge is 2.21. The molecular weight excluding hydrogens is 532 g/mol. The summed E-state index contributed by atoms with van der Waals surface area (Å²) in [5.41, 5.74) is 4.06. The largest absolute Gasteiger partial charge is 0.491 e. The van der Waals surface area contributed by atoms with Crippen LogP contribution in [-0.4, -0.2) is 65.8 Å². The number of hydrogen-bond donors (Lipinski definition) is 4. The fourth-order valence-corrected chi connectivity index (χ4v) is 4.99. The van der Waals surface area contributed by atoms with Gasteiger partial charge in [0.15, 0.2) is 5.82 Å². The number of hydrogen-bond acceptors (Lipinski definition) is 9. The maximum atomic E-state index is 12.9. The van der Waals surface area contributed by atoms with E-state index in [0.717, 1.165) is 64.7 Å². The molecule has 0 radical (unpaired) electrons. The second kappa shape index (κ2) is 12.8. The minimum absolute atomic E-state index is 0.0109. The van der Waals surface area contributed by atoms with E-state index >= 15 is 0 Å². The van der Waals surface area contributed by atoms with Gasteiger partial charge in [-0.15, -0.1) is 0 Å². The smallest absolute Gasteiger partial charge is 0.227 e. The van der Waals surface area contributed by atoms with Crippen molar-refractivity contribution in [3.63, 3.8) is 0 Å². The average molecular weight is 565 g/mol. The Morgan fingerprint density at radius 1 is 1.02 bits per heavy atom. The lowest BCUT2D eigenvalue weighted by Crippen LogP contribution is -2.34. The Labute approximate surface area is 242 Å². The van der Waals surface area contributed by atoms with Crippen LogP contribution in [-0.2, 0) is 9.53 Å². The molecule has 0 spiro atoms. The Morgan fingerprint density at radius 3 is 2.81 bits per heavy atom. The highest BCUT2D eigenvalue weighted by atomic mass is 16.5. The molecule has 214 valence electrons. The molecule has 5 aromatic rings. The predicted octanol–water partition coefficient (Wildman–Crippen LogP) is 4.91. The molecule has 0 atom stereocenters. The number of carbonyl (C=O) groups is 1. The molecule has 2 aromatic heterocycles. The van der Waals surface area contributed by atoms with Crippen LogP contribution in [0.4, 0.5) is 17.2 Å². The number of H-pyrrole nitrogens is 1. The molecule has 1 aliphatic heterocycles. The fourth-order valence-electron chi connectivity index (χ4n) is 4.99. The van der Waals surface area contributed by atoms with Gasteiger partial charge in [0.25, 0.3) is 0 Å². The van der Waals surface area contributed by atoms with Gasteiger partial charge in [0.05, 0.1) is 23.8 Å². The monoisotopic (exact) mass is 564 g/mol. The molecule has 1 saturated heterocycles. The zero-order chi connectivity index (χ0) is 28.7. The van der Waals surface area contributed by atoms with Crippen LogP contribution in [0, 0.1) is 5.92 Å². The van der Waals surface area contributed by atoms with Crippen LogP contribution in [0.5, 0.6) is 5.75 Å². The second-order valence-electron chi connectivity index (χ2n) is 10.1. The summed E-state index contributed by atoms with van der Waals surface area (Å²) in [6, 6.07) is 19.3. The molecule has 0 saturated carbocycles. The number of aliphatic imine (C=N–C) groups is 1. The number of anilines is 3. The number of fused-ring (bicyclic) bond motifs is 2. The third-order valence-electron chi connectivity index (χ3n) is 7.15. The highest BCUT2D eigenvalue weighted by molar-refractivity contribution is 5.95. The van der Waals surface area contributed by atoms with Gasteiger partial charge in [0.1, 0.15) is 24.9 Å². The molecule has 1 amide bonds. The quantitative estimate of drug-likeness (QED) is 0.131. The van der Waals surface area contributed by atoms with Crippen LogP contribution in [0.2, 0.25) is 0 Å². The number of rotatable bonds is 11. The lowest BCUT2D eigenvalue weighted by atomic mass is 9.97. The van der Waals surface area contributed by atoms with Gasteiger partial charge in [0, 0.05) is 33.6 Å². The lowest BCUT2D eigenvalue weighted by molar-refractivity contribution is -0.120. The van der Waals surface area contributed by atoms with Gasteiger partial charge in [-0.2, -0.15) is 5.10 Å². The molecule has 3 aromatic carbocycles.